The Hall–Kier alpha value is -1.30. The Morgan fingerprint density at radius 1 is 1.50 bits per heavy atom. The van der Waals surface area contributed by atoms with Crippen molar-refractivity contribution in [2.24, 2.45) is 24.3 Å². The second-order valence-corrected chi connectivity index (χ2v) is 6.13. The molecule has 1 aliphatic carbocycles. The first-order valence-electron chi connectivity index (χ1n) is 6.94. The van der Waals surface area contributed by atoms with Gasteiger partial charge in [-0.1, -0.05) is 13.8 Å². The summed E-state index contributed by atoms with van der Waals surface area (Å²) in [5.74, 6) is 1.55. The highest BCUT2D eigenvalue weighted by molar-refractivity contribution is 5.11. The summed E-state index contributed by atoms with van der Waals surface area (Å²) in [5, 5.41) is 14.0. The van der Waals surface area contributed by atoms with Crippen LogP contribution in [0.5, 0.6) is 0 Å². The van der Waals surface area contributed by atoms with Crippen LogP contribution in [0.15, 0.2) is 12.3 Å². The van der Waals surface area contributed by atoms with Crippen LogP contribution in [-0.2, 0) is 13.5 Å². The Bertz CT molecular complexity index is 431. The third kappa shape index (κ3) is 2.75. The van der Waals surface area contributed by atoms with E-state index in [1.165, 1.54) is 12.8 Å². The molecule has 0 saturated heterocycles. The van der Waals surface area contributed by atoms with Crippen molar-refractivity contribution in [2.75, 3.05) is 0 Å². The van der Waals surface area contributed by atoms with Gasteiger partial charge in [0.05, 0.1) is 17.2 Å². The Balaban J connectivity index is 2.03. The monoisotopic (exact) mass is 245 g/mol. The van der Waals surface area contributed by atoms with E-state index in [0.717, 1.165) is 36.8 Å². The summed E-state index contributed by atoms with van der Waals surface area (Å²) < 4.78 is 1.82. The van der Waals surface area contributed by atoms with Gasteiger partial charge in [0, 0.05) is 19.7 Å². The van der Waals surface area contributed by atoms with E-state index in [9.17, 15) is 5.26 Å². The summed E-state index contributed by atoms with van der Waals surface area (Å²) in [4.78, 5) is 0. The van der Waals surface area contributed by atoms with Gasteiger partial charge in [0.25, 0.3) is 0 Å². The van der Waals surface area contributed by atoms with Crippen molar-refractivity contribution in [3.05, 3.63) is 18.0 Å². The molecule has 1 aliphatic rings. The maximum atomic E-state index is 9.55. The molecule has 3 nitrogen and oxygen atoms in total. The van der Waals surface area contributed by atoms with E-state index in [1.54, 1.807) is 0 Å². The van der Waals surface area contributed by atoms with E-state index in [-0.39, 0.29) is 5.41 Å². The number of rotatable bonds is 3. The van der Waals surface area contributed by atoms with Crippen molar-refractivity contribution in [1.29, 1.82) is 5.26 Å². The summed E-state index contributed by atoms with van der Waals surface area (Å²) in [6, 6.07) is 4.62. The van der Waals surface area contributed by atoms with Crippen LogP contribution in [0.25, 0.3) is 0 Å². The van der Waals surface area contributed by atoms with E-state index in [1.807, 2.05) is 24.0 Å². The highest BCUT2D eigenvalue weighted by Crippen LogP contribution is 2.42. The average Bonchev–Trinajstić information content (AvgIpc) is 2.75. The number of aromatic nitrogens is 2. The van der Waals surface area contributed by atoms with E-state index >= 15 is 0 Å². The average molecular weight is 245 g/mol. The number of nitriles is 1. The summed E-state index contributed by atoms with van der Waals surface area (Å²) in [7, 11) is 1.93. The van der Waals surface area contributed by atoms with Crippen LogP contribution in [0.1, 0.15) is 45.2 Å². The van der Waals surface area contributed by atoms with Gasteiger partial charge in [0.15, 0.2) is 0 Å². The molecule has 0 atom stereocenters. The van der Waals surface area contributed by atoms with Crippen LogP contribution in [0, 0.1) is 28.6 Å². The Morgan fingerprint density at radius 2 is 2.17 bits per heavy atom. The largest absolute Gasteiger partial charge is 0.276 e. The van der Waals surface area contributed by atoms with Crippen molar-refractivity contribution in [1.82, 2.24) is 9.78 Å². The lowest BCUT2D eigenvalue weighted by Crippen LogP contribution is -2.30. The molecule has 0 aromatic carbocycles. The standard InChI is InChI=1S/C15H23N3/c1-12(2)13-4-7-15(11-16,8-5-13)10-14-6-9-18(3)17-14/h6,9,12-13H,4-5,7-8,10H2,1-3H3. The fourth-order valence-electron chi connectivity index (χ4n) is 3.09. The van der Waals surface area contributed by atoms with E-state index in [0.29, 0.717) is 0 Å². The van der Waals surface area contributed by atoms with Crippen molar-refractivity contribution >= 4 is 0 Å². The zero-order valence-corrected chi connectivity index (χ0v) is 11.7. The third-order valence-electron chi connectivity index (χ3n) is 4.46. The summed E-state index contributed by atoms with van der Waals surface area (Å²) >= 11 is 0. The normalized spacial score (nSPS) is 28.3. The van der Waals surface area contributed by atoms with Crippen LogP contribution >= 0.6 is 0 Å². The number of hydrogen-bond acceptors (Lipinski definition) is 2. The molecule has 1 fully saturated rings. The van der Waals surface area contributed by atoms with Crippen molar-refractivity contribution < 1.29 is 0 Å². The molecule has 1 saturated carbocycles. The maximum absolute atomic E-state index is 9.55. The van der Waals surface area contributed by atoms with Crippen molar-refractivity contribution in [3.63, 3.8) is 0 Å². The minimum absolute atomic E-state index is 0.167. The van der Waals surface area contributed by atoms with Crippen LogP contribution in [0.2, 0.25) is 0 Å². The lowest BCUT2D eigenvalue weighted by molar-refractivity contribution is 0.174. The number of nitrogens with zero attached hydrogens (tertiary/aromatic N) is 3. The number of aryl methyl sites for hydroxylation is 1. The molecule has 18 heavy (non-hydrogen) atoms. The second-order valence-electron chi connectivity index (χ2n) is 6.13. The van der Waals surface area contributed by atoms with E-state index < -0.39 is 0 Å². The Kier molecular flexibility index (Phi) is 3.75. The lowest BCUT2D eigenvalue weighted by Gasteiger charge is -2.36. The highest BCUT2D eigenvalue weighted by Gasteiger charge is 2.36. The van der Waals surface area contributed by atoms with Gasteiger partial charge in [0.1, 0.15) is 0 Å². The van der Waals surface area contributed by atoms with Crippen LogP contribution in [0.3, 0.4) is 0 Å². The Morgan fingerprint density at radius 3 is 2.61 bits per heavy atom. The molecule has 1 heterocycles. The van der Waals surface area contributed by atoms with Gasteiger partial charge in [-0.15, -0.1) is 0 Å². The molecule has 0 radical (unpaired) electrons. The third-order valence-corrected chi connectivity index (χ3v) is 4.46. The molecule has 98 valence electrons. The van der Waals surface area contributed by atoms with Crippen molar-refractivity contribution in [2.45, 2.75) is 46.0 Å². The highest BCUT2D eigenvalue weighted by atomic mass is 15.2. The molecule has 0 bridgehead atoms. The molecule has 1 aromatic heterocycles. The molecule has 0 spiro atoms. The smallest absolute Gasteiger partial charge is 0.0693 e. The fourth-order valence-corrected chi connectivity index (χ4v) is 3.09. The van der Waals surface area contributed by atoms with Crippen LogP contribution < -0.4 is 0 Å². The van der Waals surface area contributed by atoms with E-state index in [4.69, 9.17) is 0 Å². The van der Waals surface area contributed by atoms with E-state index in [2.05, 4.69) is 25.0 Å². The topological polar surface area (TPSA) is 41.6 Å². The summed E-state index contributed by atoms with van der Waals surface area (Å²) in [5.41, 5.74) is 0.891. The molecule has 3 heteroatoms. The zero-order chi connectivity index (χ0) is 13.2. The predicted molar refractivity (Wildman–Crippen MR) is 71.8 cm³/mol. The SMILES string of the molecule is CC(C)C1CCC(C#N)(Cc2ccn(C)n2)CC1. The predicted octanol–water partition coefficient (Wildman–Crippen LogP) is 3.32. The minimum Gasteiger partial charge on any atom is -0.276 e. The van der Waals surface area contributed by atoms with Gasteiger partial charge < -0.3 is 0 Å². The van der Waals surface area contributed by atoms with Gasteiger partial charge >= 0.3 is 0 Å². The van der Waals surface area contributed by atoms with Crippen molar-refractivity contribution in [3.8, 4) is 6.07 Å². The molecule has 0 aliphatic heterocycles. The molecule has 0 unspecified atom stereocenters. The second kappa shape index (κ2) is 5.14. The van der Waals surface area contributed by atoms with Gasteiger partial charge in [-0.3, -0.25) is 4.68 Å². The lowest BCUT2D eigenvalue weighted by atomic mass is 9.67. The molecule has 0 amide bonds. The van der Waals surface area contributed by atoms with Crippen LogP contribution in [0.4, 0.5) is 0 Å². The van der Waals surface area contributed by atoms with Crippen LogP contribution in [-0.4, -0.2) is 9.78 Å². The quantitative estimate of drug-likeness (QED) is 0.819. The molecule has 1 aromatic rings. The zero-order valence-electron chi connectivity index (χ0n) is 11.7. The first-order chi connectivity index (χ1) is 8.54. The Labute approximate surface area is 110 Å². The summed E-state index contributed by atoms with van der Waals surface area (Å²) in [6.45, 7) is 4.59. The maximum Gasteiger partial charge on any atom is 0.0693 e. The first kappa shape index (κ1) is 13.1. The molecule has 0 N–H and O–H groups in total. The summed E-state index contributed by atoms with van der Waals surface area (Å²) in [6.07, 6.45) is 7.22. The molecular weight excluding hydrogens is 222 g/mol. The van der Waals surface area contributed by atoms with Gasteiger partial charge in [-0.05, 0) is 43.6 Å². The van der Waals surface area contributed by atoms with Gasteiger partial charge in [-0.25, -0.2) is 0 Å². The van der Waals surface area contributed by atoms with Gasteiger partial charge in [0.2, 0.25) is 0 Å². The first-order valence-corrected chi connectivity index (χ1v) is 6.94. The molecular formula is C15H23N3. The fraction of sp³-hybridized carbons (Fsp3) is 0.733. The molecule has 2 rings (SSSR count). The number of hydrogen-bond donors (Lipinski definition) is 0. The van der Waals surface area contributed by atoms with Gasteiger partial charge in [-0.2, -0.15) is 10.4 Å². The minimum atomic E-state index is -0.167.